The van der Waals surface area contributed by atoms with Crippen molar-refractivity contribution in [2.24, 2.45) is 0 Å². The molecule has 1 nitrogen and oxygen atoms in total. The second-order valence-electron chi connectivity index (χ2n) is 4.69. The maximum atomic E-state index is 5.72. The van der Waals surface area contributed by atoms with Crippen LogP contribution in [-0.2, 0) is 0 Å². The second-order valence-corrected chi connectivity index (χ2v) is 5.61. The number of benzene rings is 2. The summed E-state index contributed by atoms with van der Waals surface area (Å²) in [5.74, 6) is 0.952. The van der Waals surface area contributed by atoms with Crippen molar-refractivity contribution in [2.45, 2.75) is 25.6 Å². The summed E-state index contributed by atoms with van der Waals surface area (Å²) in [6.07, 6.45) is 0. The predicted molar refractivity (Wildman–Crippen MR) is 84.3 cm³/mol. The molecule has 0 aliphatic heterocycles. The fourth-order valence-electron chi connectivity index (χ4n) is 2.18. The lowest BCUT2D eigenvalue weighted by molar-refractivity contribution is 0.337. The Morgan fingerprint density at radius 3 is 2.53 bits per heavy atom. The first-order valence-corrected chi connectivity index (χ1v) is 7.48. The highest BCUT2D eigenvalue weighted by atomic mass is 79.9. The minimum absolute atomic E-state index is 0.162. The summed E-state index contributed by atoms with van der Waals surface area (Å²) in [6.45, 7) is 6.96. The van der Waals surface area contributed by atoms with Gasteiger partial charge in [0.2, 0.25) is 0 Å². The fraction of sp³-hybridized carbons (Fsp3) is 0.294. The molecular weight excluding hydrogens is 300 g/mol. The highest BCUT2D eigenvalue weighted by Crippen LogP contribution is 2.38. The Hall–Kier alpha value is -1.28. The zero-order valence-electron chi connectivity index (χ0n) is 11.6. The van der Waals surface area contributed by atoms with E-state index in [-0.39, 0.29) is 4.83 Å². The molecule has 0 spiro atoms. The van der Waals surface area contributed by atoms with Crippen molar-refractivity contribution < 1.29 is 4.74 Å². The molecule has 2 rings (SSSR count). The van der Waals surface area contributed by atoms with Crippen molar-refractivity contribution >= 4 is 15.9 Å². The van der Waals surface area contributed by atoms with Gasteiger partial charge in [-0.05, 0) is 38.0 Å². The van der Waals surface area contributed by atoms with Crippen LogP contribution in [0.3, 0.4) is 0 Å². The van der Waals surface area contributed by atoms with E-state index < -0.39 is 0 Å². The Morgan fingerprint density at radius 2 is 1.79 bits per heavy atom. The summed E-state index contributed by atoms with van der Waals surface area (Å²) in [6, 6.07) is 14.8. The molecule has 0 N–H and O–H groups in total. The van der Waals surface area contributed by atoms with Crippen molar-refractivity contribution in [3.8, 4) is 5.75 Å². The van der Waals surface area contributed by atoms with Gasteiger partial charge >= 0.3 is 0 Å². The van der Waals surface area contributed by atoms with E-state index in [1.165, 1.54) is 22.3 Å². The number of halogens is 1. The first kappa shape index (κ1) is 14.1. The lowest BCUT2D eigenvalue weighted by atomic mass is 9.98. The highest BCUT2D eigenvalue weighted by Gasteiger charge is 2.16. The summed E-state index contributed by atoms with van der Waals surface area (Å²) < 4.78 is 5.72. The van der Waals surface area contributed by atoms with Gasteiger partial charge in [-0.3, -0.25) is 0 Å². The van der Waals surface area contributed by atoms with Gasteiger partial charge in [0.05, 0.1) is 11.4 Å². The first-order chi connectivity index (χ1) is 9.13. The van der Waals surface area contributed by atoms with Gasteiger partial charge in [-0.15, -0.1) is 0 Å². The van der Waals surface area contributed by atoms with Crippen LogP contribution in [0, 0.1) is 13.8 Å². The lowest BCUT2D eigenvalue weighted by Crippen LogP contribution is -2.01. The third-order valence-corrected chi connectivity index (χ3v) is 4.19. The molecular formula is C17H19BrO. The van der Waals surface area contributed by atoms with Gasteiger partial charge in [0.15, 0.2) is 0 Å². The molecule has 0 amide bonds. The van der Waals surface area contributed by atoms with Crippen LogP contribution < -0.4 is 4.74 Å². The summed E-state index contributed by atoms with van der Waals surface area (Å²) >= 11 is 3.82. The zero-order chi connectivity index (χ0) is 13.8. The molecule has 2 aromatic carbocycles. The molecule has 2 heteroatoms. The Morgan fingerprint density at radius 1 is 1.05 bits per heavy atom. The van der Waals surface area contributed by atoms with Crippen LogP contribution in [0.25, 0.3) is 0 Å². The maximum Gasteiger partial charge on any atom is 0.123 e. The van der Waals surface area contributed by atoms with E-state index in [9.17, 15) is 0 Å². The van der Waals surface area contributed by atoms with Gasteiger partial charge < -0.3 is 4.74 Å². The van der Waals surface area contributed by atoms with Crippen LogP contribution in [0.15, 0.2) is 42.5 Å². The molecule has 0 aromatic heterocycles. The summed E-state index contributed by atoms with van der Waals surface area (Å²) in [7, 11) is 0. The van der Waals surface area contributed by atoms with Gasteiger partial charge in [-0.25, -0.2) is 0 Å². The van der Waals surface area contributed by atoms with E-state index in [1.54, 1.807) is 0 Å². The predicted octanol–water partition coefficient (Wildman–Crippen LogP) is 5.19. The summed E-state index contributed by atoms with van der Waals surface area (Å²) in [5, 5.41) is 0. The summed E-state index contributed by atoms with van der Waals surface area (Å²) in [4.78, 5) is 0.162. The molecule has 0 heterocycles. The first-order valence-electron chi connectivity index (χ1n) is 6.56. The smallest absolute Gasteiger partial charge is 0.123 e. The highest BCUT2D eigenvalue weighted by molar-refractivity contribution is 9.09. The van der Waals surface area contributed by atoms with Crippen LogP contribution >= 0.6 is 15.9 Å². The third-order valence-electron chi connectivity index (χ3n) is 3.20. The molecule has 0 aliphatic rings. The monoisotopic (exact) mass is 318 g/mol. The molecule has 0 saturated carbocycles. The Bertz CT molecular complexity index is 563. The topological polar surface area (TPSA) is 9.23 Å². The Kier molecular flexibility index (Phi) is 4.65. The van der Waals surface area contributed by atoms with Crippen LogP contribution in [0.5, 0.6) is 5.75 Å². The molecule has 100 valence electrons. The SMILES string of the molecule is CCOc1ccccc1C(Br)c1cc(C)ccc1C. The van der Waals surface area contributed by atoms with E-state index in [2.05, 4.69) is 60.1 Å². The molecule has 19 heavy (non-hydrogen) atoms. The average molecular weight is 319 g/mol. The molecule has 0 fully saturated rings. The van der Waals surface area contributed by atoms with Crippen molar-refractivity contribution in [2.75, 3.05) is 6.61 Å². The van der Waals surface area contributed by atoms with Crippen LogP contribution in [-0.4, -0.2) is 6.61 Å². The minimum Gasteiger partial charge on any atom is -0.494 e. The number of rotatable bonds is 4. The Labute approximate surface area is 123 Å². The van der Waals surface area contributed by atoms with Crippen LogP contribution in [0.4, 0.5) is 0 Å². The van der Waals surface area contributed by atoms with Gasteiger partial charge in [0.1, 0.15) is 5.75 Å². The largest absolute Gasteiger partial charge is 0.494 e. The summed E-state index contributed by atoms with van der Waals surface area (Å²) in [5.41, 5.74) is 5.04. The zero-order valence-corrected chi connectivity index (χ0v) is 13.2. The Balaban J connectivity index is 2.43. The fourth-order valence-corrected chi connectivity index (χ4v) is 3.05. The normalized spacial score (nSPS) is 12.2. The molecule has 1 atom stereocenters. The lowest BCUT2D eigenvalue weighted by Gasteiger charge is -2.18. The quantitative estimate of drug-likeness (QED) is 0.705. The molecule has 0 aliphatic carbocycles. The van der Waals surface area contributed by atoms with E-state index in [0.29, 0.717) is 6.61 Å². The van der Waals surface area contributed by atoms with Gasteiger partial charge in [0.25, 0.3) is 0 Å². The second kappa shape index (κ2) is 6.25. The van der Waals surface area contributed by atoms with Crippen molar-refractivity contribution in [1.29, 1.82) is 0 Å². The number of alkyl halides is 1. The number of para-hydroxylation sites is 1. The van der Waals surface area contributed by atoms with Crippen LogP contribution in [0.1, 0.15) is 34.0 Å². The van der Waals surface area contributed by atoms with E-state index in [1.807, 2.05) is 19.1 Å². The minimum atomic E-state index is 0.162. The maximum absolute atomic E-state index is 5.72. The van der Waals surface area contributed by atoms with Crippen molar-refractivity contribution in [3.05, 3.63) is 64.7 Å². The van der Waals surface area contributed by atoms with Gasteiger partial charge in [0, 0.05) is 5.56 Å². The number of hydrogen-bond donors (Lipinski definition) is 0. The third kappa shape index (κ3) is 3.19. The van der Waals surface area contributed by atoms with E-state index >= 15 is 0 Å². The molecule has 2 aromatic rings. The van der Waals surface area contributed by atoms with E-state index in [4.69, 9.17) is 4.74 Å². The average Bonchev–Trinajstić information content (AvgIpc) is 2.42. The molecule has 0 saturated heterocycles. The molecule has 1 unspecified atom stereocenters. The van der Waals surface area contributed by atoms with Gasteiger partial charge in [-0.1, -0.05) is 57.9 Å². The van der Waals surface area contributed by atoms with Gasteiger partial charge in [-0.2, -0.15) is 0 Å². The number of aryl methyl sites for hydroxylation is 2. The van der Waals surface area contributed by atoms with Crippen molar-refractivity contribution in [3.63, 3.8) is 0 Å². The van der Waals surface area contributed by atoms with E-state index in [0.717, 1.165) is 5.75 Å². The molecule has 0 radical (unpaired) electrons. The van der Waals surface area contributed by atoms with Crippen LogP contribution in [0.2, 0.25) is 0 Å². The number of ether oxygens (including phenoxy) is 1. The number of hydrogen-bond acceptors (Lipinski definition) is 1. The van der Waals surface area contributed by atoms with Crippen molar-refractivity contribution in [1.82, 2.24) is 0 Å². The molecule has 0 bridgehead atoms. The standard InChI is InChI=1S/C17H19BrO/c1-4-19-16-8-6-5-7-14(16)17(18)15-11-12(2)9-10-13(15)3/h5-11,17H,4H2,1-3H3.